The number of fused-ring (bicyclic) bond motifs is 3. The van der Waals surface area contributed by atoms with Gasteiger partial charge in [-0.05, 0) is 43.4 Å². The van der Waals surface area contributed by atoms with E-state index in [2.05, 4.69) is 10.3 Å². The normalized spacial score (nSPS) is 27.7. The first kappa shape index (κ1) is 11.0. The van der Waals surface area contributed by atoms with Crippen LogP contribution < -0.4 is 5.32 Å². The number of aromatic nitrogens is 1. The Hall–Kier alpha value is -1.10. The highest BCUT2D eigenvalue weighted by Crippen LogP contribution is 2.41. The van der Waals surface area contributed by atoms with E-state index in [-0.39, 0.29) is 6.04 Å². The Kier molecular flexibility index (Phi) is 2.40. The Labute approximate surface area is 97.2 Å². The average Bonchev–Trinajstić information content (AvgIpc) is 2.65. The zero-order chi connectivity index (χ0) is 12.0. The van der Waals surface area contributed by atoms with Crippen molar-refractivity contribution in [1.29, 1.82) is 0 Å². The molecule has 1 saturated heterocycles. The third-order valence-electron chi connectivity index (χ3n) is 3.68. The summed E-state index contributed by atoms with van der Waals surface area (Å²) in [7, 11) is 0. The van der Waals surface area contributed by atoms with Gasteiger partial charge in [0.1, 0.15) is 5.69 Å². The lowest BCUT2D eigenvalue weighted by Crippen LogP contribution is -2.31. The lowest BCUT2D eigenvalue weighted by atomic mass is 9.92. The largest absolute Gasteiger partial charge is 0.433 e. The van der Waals surface area contributed by atoms with Gasteiger partial charge in [-0.15, -0.1) is 0 Å². The minimum atomic E-state index is -4.34. The number of pyridine rings is 1. The summed E-state index contributed by atoms with van der Waals surface area (Å²) in [6, 6.07) is 2.90. The highest BCUT2D eigenvalue weighted by atomic mass is 19.4. The van der Waals surface area contributed by atoms with Crippen molar-refractivity contribution in [1.82, 2.24) is 10.3 Å². The molecule has 17 heavy (non-hydrogen) atoms. The van der Waals surface area contributed by atoms with Crippen molar-refractivity contribution in [2.75, 3.05) is 6.54 Å². The van der Waals surface area contributed by atoms with Crippen LogP contribution in [0.2, 0.25) is 0 Å². The van der Waals surface area contributed by atoms with Crippen LogP contribution in [0.4, 0.5) is 13.2 Å². The van der Waals surface area contributed by atoms with Gasteiger partial charge in [0.15, 0.2) is 0 Å². The molecule has 3 rings (SSSR count). The highest BCUT2D eigenvalue weighted by molar-refractivity contribution is 5.33. The van der Waals surface area contributed by atoms with Gasteiger partial charge < -0.3 is 5.32 Å². The van der Waals surface area contributed by atoms with Crippen molar-refractivity contribution in [3.63, 3.8) is 0 Å². The number of hydrogen-bond acceptors (Lipinski definition) is 2. The summed E-state index contributed by atoms with van der Waals surface area (Å²) in [6.07, 6.45) is -1.48. The Morgan fingerprint density at radius 1 is 1.29 bits per heavy atom. The van der Waals surface area contributed by atoms with E-state index in [0.29, 0.717) is 18.0 Å². The molecule has 2 atom stereocenters. The van der Waals surface area contributed by atoms with Crippen LogP contribution in [0.5, 0.6) is 0 Å². The van der Waals surface area contributed by atoms with Gasteiger partial charge >= 0.3 is 6.18 Å². The maximum Gasteiger partial charge on any atom is 0.433 e. The van der Waals surface area contributed by atoms with Crippen molar-refractivity contribution in [2.24, 2.45) is 5.92 Å². The molecule has 0 amide bonds. The van der Waals surface area contributed by atoms with E-state index in [4.69, 9.17) is 0 Å². The van der Waals surface area contributed by atoms with Crippen molar-refractivity contribution >= 4 is 0 Å². The molecule has 1 aromatic heterocycles. The molecular weight excluding hydrogens is 229 g/mol. The molecule has 1 aliphatic carbocycles. The Morgan fingerprint density at radius 2 is 2.12 bits per heavy atom. The van der Waals surface area contributed by atoms with Crippen LogP contribution in [-0.2, 0) is 12.6 Å². The maximum absolute atomic E-state index is 12.5. The second-order valence-corrected chi connectivity index (χ2v) is 4.77. The zero-order valence-corrected chi connectivity index (χ0v) is 9.22. The number of halogens is 3. The fourth-order valence-electron chi connectivity index (χ4n) is 2.90. The van der Waals surface area contributed by atoms with Crippen molar-refractivity contribution in [3.05, 3.63) is 29.1 Å². The molecule has 0 radical (unpaired) electrons. The van der Waals surface area contributed by atoms with Crippen LogP contribution in [0, 0.1) is 5.92 Å². The molecular formula is C12H13F3N2. The van der Waals surface area contributed by atoms with Gasteiger partial charge in [-0.2, -0.15) is 13.2 Å². The summed E-state index contributed by atoms with van der Waals surface area (Å²) in [6.45, 7) is 0.946. The number of nitrogens with zero attached hydrogens (tertiary/aromatic N) is 1. The van der Waals surface area contributed by atoms with E-state index in [9.17, 15) is 13.2 Å². The Morgan fingerprint density at radius 3 is 2.88 bits per heavy atom. The lowest BCUT2D eigenvalue weighted by Gasteiger charge is -2.26. The number of hydrogen-bond donors (Lipinski definition) is 1. The minimum Gasteiger partial charge on any atom is -0.310 e. The smallest absolute Gasteiger partial charge is 0.310 e. The molecule has 0 saturated carbocycles. The van der Waals surface area contributed by atoms with Crippen molar-refractivity contribution in [3.8, 4) is 0 Å². The van der Waals surface area contributed by atoms with Crippen LogP contribution in [-0.4, -0.2) is 11.5 Å². The summed E-state index contributed by atoms with van der Waals surface area (Å²) in [5, 5.41) is 3.37. The molecule has 0 spiro atoms. The van der Waals surface area contributed by atoms with Gasteiger partial charge in [0.2, 0.25) is 0 Å². The highest BCUT2D eigenvalue weighted by Gasteiger charge is 2.38. The van der Waals surface area contributed by atoms with Gasteiger partial charge in [-0.25, -0.2) is 4.98 Å². The first-order valence-corrected chi connectivity index (χ1v) is 5.86. The van der Waals surface area contributed by atoms with E-state index in [0.717, 1.165) is 31.0 Å². The Balaban J connectivity index is 1.97. The fraction of sp³-hybridized carbons (Fsp3) is 0.583. The van der Waals surface area contributed by atoms with Crippen LogP contribution in [0.1, 0.15) is 35.8 Å². The minimum absolute atomic E-state index is 0.216. The molecule has 1 unspecified atom stereocenters. The average molecular weight is 242 g/mol. The predicted octanol–water partition coefficient (Wildman–Crippen LogP) is 2.70. The standard InChI is InChI=1S/C12H13F3N2/c13-12(14,15)10-4-3-8-9(17-10)6-7-2-1-5-16-11(7)8/h3-4,7,11,16H,1-2,5-6H2/t7?,11-/m1/s1. The maximum atomic E-state index is 12.5. The molecule has 1 N–H and O–H groups in total. The third-order valence-corrected chi connectivity index (χ3v) is 3.68. The SMILES string of the molecule is FC(F)(F)c1ccc2c(n1)CC1CCCN[C@@H]21. The van der Waals surface area contributed by atoms with E-state index in [1.807, 2.05) is 0 Å². The van der Waals surface area contributed by atoms with Gasteiger partial charge in [0, 0.05) is 11.7 Å². The van der Waals surface area contributed by atoms with Gasteiger partial charge in [-0.1, -0.05) is 6.07 Å². The summed E-state index contributed by atoms with van der Waals surface area (Å²) in [5.41, 5.74) is 0.821. The first-order valence-electron chi connectivity index (χ1n) is 5.86. The molecule has 0 aromatic carbocycles. The van der Waals surface area contributed by atoms with E-state index in [1.54, 1.807) is 6.07 Å². The summed E-state index contributed by atoms with van der Waals surface area (Å²) >= 11 is 0. The van der Waals surface area contributed by atoms with Gasteiger partial charge in [0.05, 0.1) is 0 Å². The number of rotatable bonds is 0. The van der Waals surface area contributed by atoms with Crippen LogP contribution >= 0.6 is 0 Å². The summed E-state index contributed by atoms with van der Waals surface area (Å²) in [4.78, 5) is 3.78. The molecule has 0 bridgehead atoms. The number of nitrogens with one attached hydrogen (secondary N) is 1. The molecule has 2 aliphatic rings. The lowest BCUT2D eigenvalue weighted by molar-refractivity contribution is -0.141. The molecule has 2 heterocycles. The third kappa shape index (κ3) is 1.82. The molecule has 92 valence electrons. The van der Waals surface area contributed by atoms with Crippen LogP contribution in [0.15, 0.2) is 12.1 Å². The monoisotopic (exact) mass is 242 g/mol. The second-order valence-electron chi connectivity index (χ2n) is 4.77. The molecule has 2 nitrogen and oxygen atoms in total. The predicted molar refractivity (Wildman–Crippen MR) is 56.4 cm³/mol. The molecule has 1 aromatic rings. The van der Waals surface area contributed by atoms with Crippen molar-refractivity contribution in [2.45, 2.75) is 31.5 Å². The summed E-state index contributed by atoms with van der Waals surface area (Å²) in [5.74, 6) is 0.426. The summed E-state index contributed by atoms with van der Waals surface area (Å²) < 4.78 is 37.6. The van der Waals surface area contributed by atoms with Crippen LogP contribution in [0.3, 0.4) is 0 Å². The Bertz CT molecular complexity index is 442. The van der Waals surface area contributed by atoms with Gasteiger partial charge in [-0.3, -0.25) is 0 Å². The molecule has 1 aliphatic heterocycles. The first-order chi connectivity index (χ1) is 8.05. The molecule has 1 fully saturated rings. The zero-order valence-electron chi connectivity index (χ0n) is 9.22. The van der Waals surface area contributed by atoms with E-state index in [1.165, 1.54) is 0 Å². The topological polar surface area (TPSA) is 24.9 Å². The fourth-order valence-corrected chi connectivity index (χ4v) is 2.90. The quantitative estimate of drug-likeness (QED) is 0.756. The van der Waals surface area contributed by atoms with E-state index >= 15 is 0 Å². The number of piperidine rings is 1. The van der Waals surface area contributed by atoms with Crippen molar-refractivity contribution < 1.29 is 13.2 Å². The number of alkyl halides is 3. The molecule has 5 heteroatoms. The van der Waals surface area contributed by atoms with E-state index < -0.39 is 11.9 Å². The van der Waals surface area contributed by atoms with Gasteiger partial charge in [0.25, 0.3) is 0 Å². The second kappa shape index (κ2) is 3.70. The van der Waals surface area contributed by atoms with Crippen LogP contribution in [0.25, 0.3) is 0 Å².